The number of nitrogens with zero attached hydrogens (tertiary/aromatic N) is 2. The van der Waals surface area contributed by atoms with E-state index in [2.05, 4.69) is 21.9 Å². The molecule has 4 heteroatoms. The second-order valence-corrected chi connectivity index (χ2v) is 8.75. The molecule has 144 valence electrons. The van der Waals surface area contributed by atoms with Crippen molar-refractivity contribution in [3.05, 3.63) is 23.8 Å². The largest absolute Gasteiger partial charge is 0.493 e. The van der Waals surface area contributed by atoms with Gasteiger partial charge in [0.2, 0.25) is 0 Å². The number of methoxy groups -OCH3 is 2. The van der Waals surface area contributed by atoms with E-state index in [4.69, 9.17) is 9.47 Å². The lowest BCUT2D eigenvalue weighted by atomic mass is 9.79. The summed E-state index contributed by atoms with van der Waals surface area (Å²) in [6.07, 6.45) is 8.49. The maximum atomic E-state index is 5.65. The third-order valence-corrected chi connectivity index (χ3v) is 6.88. The van der Waals surface area contributed by atoms with Crippen LogP contribution in [0.15, 0.2) is 18.2 Å². The first-order valence-electron chi connectivity index (χ1n) is 10.4. The van der Waals surface area contributed by atoms with E-state index in [0.717, 1.165) is 24.0 Å². The quantitative estimate of drug-likeness (QED) is 0.772. The molecule has 1 spiro atoms. The third-order valence-electron chi connectivity index (χ3n) is 6.88. The Morgan fingerprint density at radius 1 is 1.00 bits per heavy atom. The second kappa shape index (κ2) is 7.77. The molecule has 2 saturated heterocycles. The Kier molecular flexibility index (Phi) is 5.42. The van der Waals surface area contributed by atoms with Gasteiger partial charge >= 0.3 is 0 Å². The fraction of sp³-hybridized carbons (Fsp3) is 0.727. The number of benzene rings is 1. The van der Waals surface area contributed by atoms with Crippen LogP contribution in [-0.4, -0.2) is 56.7 Å². The number of piperidine rings is 1. The molecule has 26 heavy (non-hydrogen) atoms. The lowest BCUT2D eigenvalue weighted by molar-refractivity contribution is 0.0821. The van der Waals surface area contributed by atoms with Crippen LogP contribution < -0.4 is 9.47 Å². The van der Waals surface area contributed by atoms with Gasteiger partial charge < -0.3 is 14.4 Å². The van der Waals surface area contributed by atoms with E-state index in [1.165, 1.54) is 76.8 Å². The Balaban J connectivity index is 1.40. The molecule has 1 aliphatic carbocycles. The highest BCUT2D eigenvalue weighted by Gasteiger charge is 2.41. The van der Waals surface area contributed by atoms with Gasteiger partial charge in [0.1, 0.15) is 0 Å². The molecular weight excluding hydrogens is 324 g/mol. The third kappa shape index (κ3) is 3.72. The molecular formula is C22H34N2O2. The summed E-state index contributed by atoms with van der Waals surface area (Å²) in [6.45, 7) is 7.37. The Morgan fingerprint density at radius 2 is 1.85 bits per heavy atom. The van der Waals surface area contributed by atoms with Crippen LogP contribution in [-0.2, 0) is 6.54 Å². The van der Waals surface area contributed by atoms with E-state index in [0.29, 0.717) is 5.41 Å². The lowest BCUT2D eigenvalue weighted by Crippen LogP contribution is -2.44. The van der Waals surface area contributed by atoms with Crippen LogP contribution in [0.2, 0.25) is 0 Å². The fourth-order valence-electron chi connectivity index (χ4n) is 5.32. The van der Waals surface area contributed by atoms with E-state index >= 15 is 0 Å². The summed E-state index contributed by atoms with van der Waals surface area (Å²) in [4.78, 5) is 5.41. The minimum Gasteiger partial charge on any atom is -0.493 e. The second-order valence-electron chi connectivity index (χ2n) is 8.75. The van der Waals surface area contributed by atoms with Crippen LogP contribution in [0.1, 0.15) is 44.1 Å². The first-order chi connectivity index (χ1) is 12.7. The zero-order valence-electron chi connectivity index (χ0n) is 16.5. The highest BCUT2D eigenvalue weighted by molar-refractivity contribution is 5.46. The molecule has 3 aliphatic rings. The van der Waals surface area contributed by atoms with Gasteiger partial charge in [0, 0.05) is 31.7 Å². The van der Waals surface area contributed by atoms with E-state index in [1.807, 2.05) is 6.07 Å². The maximum absolute atomic E-state index is 5.65. The lowest BCUT2D eigenvalue weighted by Gasteiger charge is -2.41. The Bertz CT molecular complexity index is 616. The molecule has 0 N–H and O–H groups in total. The van der Waals surface area contributed by atoms with E-state index in [1.54, 1.807) is 14.2 Å². The number of ether oxygens (including phenoxy) is 2. The predicted octanol–water partition coefficient (Wildman–Crippen LogP) is 3.79. The van der Waals surface area contributed by atoms with Crippen molar-refractivity contribution in [2.24, 2.45) is 11.3 Å². The van der Waals surface area contributed by atoms with Crippen molar-refractivity contribution in [2.45, 2.75) is 45.1 Å². The molecule has 1 aromatic carbocycles. The van der Waals surface area contributed by atoms with Crippen molar-refractivity contribution in [3.63, 3.8) is 0 Å². The summed E-state index contributed by atoms with van der Waals surface area (Å²) in [6, 6.07) is 6.24. The highest BCUT2D eigenvalue weighted by Crippen LogP contribution is 2.41. The fourth-order valence-corrected chi connectivity index (χ4v) is 5.32. The summed E-state index contributed by atoms with van der Waals surface area (Å²) >= 11 is 0. The maximum Gasteiger partial charge on any atom is 0.165 e. The molecule has 4 rings (SSSR count). The van der Waals surface area contributed by atoms with Gasteiger partial charge in [-0.05, 0) is 62.6 Å². The van der Waals surface area contributed by atoms with Crippen molar-refractivity contribution in [3.8, 4) is 11.5 Å². The van der Waals surface area contributed by atoms with E-state index < -0.39 is 0 Å². The average molecular weight is 359 g/mol. The average Bonchev–Trinajstić information content (AvgIpc) is 3.00. The van der Waals surface area contributed by atoms with E-state index in [9.17, 15) is 0 Å². The minimum absolute atomic E-state index is 0.522. The van der Waals surface area contributed by atoms with Crippen LogP contribution in [0.25, 0.3) is 0 Å². The van der Waals surface area contributed by atoms with Gasteiger partial charge in [-0.25, -0.2) is 0 Å². The SMILES string of the molecule is COc1cccc(CN2CCC[C@@]3(CCN(CC4CCC4)C3)C2)c1OC. The molecule has 0 aromatic heterocycles. The standard InChI is InChI=1S/C22H34N2O2/c1-25-20-9-4-8-19(21(20)26-2)15-23-12-5-10-22(16-23)11-13-24(17-22)14-18-6-3-7-18/h4,8-9,18H,3,5-7,10-17H2,1-2H3/t22-/m1/s1. The first-order valence-corrected chi connectivity index (χ1v) is 10.4. The molecule has 0 unspecified atom stereocenters. The summed E-state index contributed by atoms with van der Waals surface area (Å²) in [5, 5.41) is 0. The molecule has 0 bridgehead atoms. The van der Waals surface area contributed by atoms with Gasteiger partial charge in [-0.15, -0.1) is 0 Å². The number of rotatable bonds is 6. The molecule has 1 saturated carbocycles. The van der Waals surface area contributed by atoms with Gasteiger partial charge in [0.05, 0.1) is 14.2 Å². The minimum atomic E-state index is 0.522. The highest BCUT2D eigenvalue weighted by atomic mass is 16.5. The smallest absolute Gasteiger partial charge is 0.165 e. The molecule has 0 amide bonds. The summed E-state index contributed by atoms with van der Waals surface area (Å²) in [5.74, 6) is 2.72. The molecule has 1 atom stereocenters. The first kappa shape index (κ1) is 18.1. The van der Waals surface area contributed by atoms with Crippen molar-refractivity contribution < 1.29 is 9.47 Å². The predicted molar refractivity (Wildman–Crippen MR) is 105 cm³/mol. The van der Waals surface area contributed by atoms with Crippen molar-refractivity contribution in [1.82, 2.24) is 9.80 Å². The van der Waals surface area contributed by atoms with Gasteiger partial charge in [0.15, 0.2) is 11.5 Å². The van der Waals surface area contributed by atoms with Crippen LogP contribution in [0, 0.1) is 11.3 Å². The number of para-hydroxylation sites is 1. The zero-order chi connectivity index (χ0) is 18.0. The number of hydrogen-bond donors (Lipinski definition) is 0. The van der Waals surface area contributed by atoms with E-state index in [-0.39, 0.29) is 0 Å². The normalized spacial score (nSPS) is 27.6. The number of hydrogen-bond acceptors (Lipinski definition) is 4. The Morgan fingerprint density at radius 3 is 2.58 bits per heavy atom. The van der Waals surface area contributed by atoms with Gasteiger partial charge in [-0.2, -0.15) is 0 Å². The van der Waals surface area contributed by atoms with Crippen LogP contribution in [0.4, 0.5) is 0 Å². The van der Waals surface area contributed by atoms with Crippen molar-refractivity contribution in [1.29, 1.82) is 0 Å². The van der Waals surface area contributed by atoms with Gasteiger partial charge in [0.25, 0.3) is 0 Å². The van der Waals surface area contributed by atoms with Crippen molar-refractivity contribution >= 4 is 0 Å². The molecule has 3 fully saturated rings. The molecule has 1 aromatic rings. The van der Waals surface area contributed by atoms with Crippen LogP contribution in [0.5, 0.6) is 11.5 Å². The Labute approximate surface area is 158 Å². The monoisotopic (exact) mass is 358 g/mol. The summed E-state index contributed by atoms with van der Waals surface area (Å²) in [7, 11) is 3.46. The molecule has 2 aliphatic heterocycles. The van der Waals surface area contributed by atoms with Gasteiger partial charge in [-0.1, -0.05) is 18.6 Å². The summed E-state index contributed by atoms with van der Waals surface area (Å²) in [5.41, 5.74) is 1.77. The van der Waals surface area contributed by atoms with Crippen LogP contribution >= 0.6 is 0 Å². The number of likely N-dealkylation sites (tertiary alicyclic amines) is 2. The van der Waals surface area contributed by atoms with Gasteiger partial charge in [-0.3, -0.25) is 4.90 Å². The molecule has 2 heterocycles. The Hall–Kier alpha value is -1.26. The topological polar surface area (TPSA) is 24.9 Å². The van der Waals surface area contributed by atoms with Crippen molar-refractivity contribution in [2.75, 3.05) is 46.9 Å². The zero-order valence-corrected chi connectivity index (χ0v) is 16.5. The van der Waals surface area contributed by atoms with Crippen LogP contribution in [0.3, 0.4) is 0 Å². The summed E-state index contributed by atoms with van der Waals surface area (Å²) < 4.78 is 11.1. The molecule has 0 radical (unpaired) electrons. The molecule has 4 nitrogen and oxygen atoms in total.